The van der Waals surface area contributed by atoms with Crippen molar-refractivity contribution in [2.24, 2.45) is 4.99 Å². The van der Waals surface area contributed by atoms with Crippen molar-refractivity contribution in [3.63, 3.8) is 0 Å². The van der Waals surface area contributed by atoms with E-state index in [0.717, 1.165) is 51.2 Å². The third kappa shape index (κ3) is 10.7. The standard InChI is InChI=1S/C18H38N4O.HI/c1-5-17-10-7-8-13-22(17)14-12-21-18(19-6-2)20-11-9-15-23-16(3)4;/h16-17H,5-15H2,1-4H3,(H2,19,20,21);1H. The summed E-state index contributed by atoms with van der Waals surface area (Å²) < 4.78 is 5.55. The van der Waals surface area contributed by atoms with Crippen LogP contribution in [0.4, 0.5) is 0 Å². The summed E-state index contributed by atoms with van der Waals surface area (Å²) in [6.07, 6.45) is 6.65. The zero-order valence-corrected chi connectivity index (χ0v) is 18.5. The van der Waals surface area contributed by atoms with Crippen molar-refractivity contribution < 1.29 is 4.74 Å². The molecule has 0 aromatic heterocycles. The molecule has 0 aromatic rings. The maximum Gasteiger partial charge on any atom is 0.191 e. The van der Waals surface area contributed by atoms with Crippen molar-refractivity contribution in [3.05, 3.63) is 0 Å². The lowest BCUT2D eigenvalue weighted by Gasteiger charge is -2.35. The lowest BCUT2D eigenvalue weighted by Crippen LogP contribution is -2.46. The fourth-order valence-corrected chi connectivity index (χ4v) is 3.05. The first-order chi connectivity index (χ1) is 11.2. The lowest BCUT2D eigenvalue weighted by atomic mass is 10.0. The highest BCUT2D eigenvalue weighted by Crippen LogP contribution is 2.18. The SMILES string of the molecule is CCNC(=NCCCOC(C)C)NCCN1CCCCC1CC.I. The fourth-order valence-electron chi connectivity index (χ4n) is 3.05. The summed E-state index contributed by atoms with van der Waals surface area (Å²) in [7, 11) is 0. The van der Waals surface area contributed by atoms with Gasteiger partial charge >= 0.3 is 0 Å². The molecule has 2 N–H and O–H groups in total. The third-order valence-corrected chi connectivity index (χ3v) is 4.28. The zero-order chi connectivity index (χ0) is 16.9. The summed E-state index contributed by atoms with van der Waals surface area (Å²) in [6.45, 7) is 14.4. The first-order valence-electron chi connectivity index (χ1n) is 9.55. The van der Waals surface area contributed by atoms with Gasteiger partial charge in [-0.1, -0.05) is 13.3 Å². The molecule has 1 aliphatic rings. The molecule has 0 spiro atoms. The van der Waals surface area contributed by atoms with E-state index < -0.39 is 0 Å². The molecule has 0 bridgehead atoms. The quantitative estimate of drug-likeness (QED) is 0.230. The van der Waals surface area contributed by atoms with E-state index in [0.29, 0.717) is 6.10 Å². The number of piperidine rings is 1. The van der Waals surface area contributed by atoms with Crippen LogP contribution in [0, 0.1) is 0 Å². The molecule has 1 atom stereocenters. The van der Waals surface area contributed by atoms with Crippen LogP contribution >= 0.6 is 24.0 Å². The van der Waals surface area contributed by atoms with Gasteiger partial charge in [0.05, 0.1) is 6.10 Å². The average molecular weight is 454 g/mol. The summed E-state index contributed by atoms with van der Waals surface area (Å²) in [5, 5.41) is 6.79. The molecule has 0 aliphatic carbocycles. The lowest BCUT2D eigenvalue weighted by molar-refractivity contribution is 0.0782. The summed E-state index contributed by atoms with van der Waals surface area (Å²) in [6, 6.07) is 0.776. The second-order valence-electron chi connectivity index (χ2n) is 6.55. The molecular formula is C18H39IN4O. The van der Waals surface area contributed by atoms with Gasteiger partial charge in [0, 0.05) is 38.8 Å². The van der Waals surface area contributed by atoms with Gasteiger partial charge in [-0.15, -0.1) is 24.0 Å². The van der Waals surface area contributed by atoms with Gasteiger partial charge in [-0.3, -0.25) is 9.89 Å². The van der Waals surface area contributed by atoms with E-state index >= 15 is 0 Å². The highest BCUT2D eigenvalue weighted by molar-refractivity contribution is 14.0. The van der Waals surface area contributed by atoms with Crippen molar-refractivity contribution in [1.29, 1.82) is 0 Å². The zero-order valence-electron chi connectivity index (χ0n) is 16.1. The monoisotopic (exact) mass is 454 g/mol. The number of hydrogen-bond acceptors (Lipinski definition) is 3. The van der Waals surface area contributed by atoms with E-state index in [1.54, 1.807) is 0 Å². The topological polar surface area (TPSA) is 48.9 Å². The van der Waals surface area contributed by atoms with Gasteiger partial charge in [-0.2, -0.15) is 0 Å². The second-order valence-corrected chi connectivity index (χ2v) is 6.55. The Morgan fingerprint density at radius 1 is 1.25 bits per heavy atom. The molecule has 1 fully saturated rings. The Hall–Kier alpha value is -0.0800. The maximum atomic E-state index is 5.55. The minimum Gasteiger partial charge on any atom is -0.379 e. The molecular weight excluding hydrogens is 415 g/mol. The van der Waals surface area contributed by atoms with Crippen LogP contribution in [0.15, 0.2) is 4.99 Å². The van der Waals surface area contributed by atoms with Gasteiger partial charge in [0.2, 0.25) is 0 Å². The number of likely N-dealkylation sites (tertiary alicyclic amines) is 1. The molecule has 24 heavy (non-hydrogen) atoms. The first-order valence-corrected chi connectivity index (χ1v) is 9.55. The molecule has 5 nitrogen and oxygen atoms in total. The van der Waals surface area contributed by atoms with Crippen molar-refractivity contribution in [1.82, 2.24) is 15.5 Å². The van der Waals surface area contributed by atoms with Gasteiger partial charge < -0.3 is 15.4 Å². The second kappa shape index (κ2) is 15.2. The summed E-state index contributed by atoms with van der Waals surface area (Å²) in [5.41, 5.74) is 0. The maximum absolute atomic E-state index is 5.55. The minimum atomic E-state index is 0. The Balaban J connectivity index is 0.00000529. The number of hydrogen-bond donors (Lipinski definition) is 2. The van der Waals surface area contributed by atoms with Gasteiger partial charge in [0.25, 0.3) is 0 Å². The number of nitrogens with zero attached hydrogens (tertiary/aromatic N) is 2. The molecule has 0 amide bonds. The van der Waals surface area contributed by atoms with Crippen LogP contribution in [-0.4, -0.2) is 62.3 Å². The number of halogens is 1. The van der Waals surface area contributed by atoms with Crippen molar-refractivity contribution in [2.75, 3.05) is 39.3 Å². The van der Waals surface area contributed by atoms with E-state index in [9.17, 15) is 0 Å². The Morgan fingerprint density at radius 2 is 2.04 bits per heavy atom. The van der Waals surface area contributed by atoms with Gasteiger partial charge in [0.1, 0.15) is 0 Å². The van der Waals surface area contributed by atoms with Crippen LogP contribution in [-0.2, 0) is 4.74 Å². The van der Waals surface area contributed by atoms with Crippen LogP contribution in [0.5, 0.6) is 0 Å². The normalized spacial score (nSPS) is 19.2. The molecule has 0 saturated carbocycles. The molecule has 0 radical (unpaired) electrons. The highest BCUT2D eigenvalue weighted by Gasteiger charge is 2.19. The van der Waals surface area contributed by atoms with Crippen LogP contribution in [0.1, 0.15) is 59.8 Å². The number of guanidine groups is 1. The smallest absolute Gasteiger partial charge is 0.191 e. The van der Waals surface area contributed by atoms with E-state index in [2.05, 4.69) is 48.2 Å². The molecule has 144 valence electrons. The van der Waals surface area contributed by atoms with Crippen molar-refractivity contribution in [3.8, 4) is 0 Å². The van der Waals surface area contributed by atoms with Crippen LogP contribution in [0.3, 0.4) is 0 Å². The third-order valence-electron chi connectivity index (χ3n) is 4.28. The highest BCUT2D eigenvalue weighted by atomic mass is 127. The Kier molecular flexibility index (Phi) is 15.1. The minimum absolute atomic E-state index is 0. The van der Waals surface area contributed by atoms with Crippen LogP contribution in [0.2, 0.25) is 0 Å². The van der Waals surface area contributed by atoms with Gasteiger partial charge in [-0.25, -0.2) is 0 Å². The Morgan fingerprint density at radius 3 is 2.71 bits per heavy atom. The van der Waals surface area contributed by atoms with Crippen molar-refractivity contribution in [2.45, 2.75) is 71.9 Å². The van der Waals surface area contributed by atoms with Crippen LogP contribution in [0.25, 0.3) is 0 Å². The molecule has 1 aliphatic heterocycles. The Bertz CT molecular complexity index is 326. The molecule has 1 heterocycles. The van der Waals surface area contributed by atoms with E-state index in [1.165, 1.54) is 32.2 Å². The number of nitrogens with one attached hydrogen (secondary N) is 2. The number of aliphatic imine (C=N–C) groups is 1. The predicted octanol–water partition coefficient (Wildman–Crippen LogP) is 3.24. The van der Waals surface area contributed by atoms with E-state index in [1.807, 2.05) is 0 Å². The summed E-state index contributed by atoms with van der Waals surface area (Å²) in [4.78, 5) is 7.26. The number of ether oxygens (including phenoxy) is 1. The Labute approximate surface area is 166 Å². The fraction of sp³-hybridized carbons (Fsp3) is 0.944. The summed E-state index contributed by atoms with van der Waals surface area (Å²) >= 11 is 0. The molecule has 1 unspecified atom stereocenters. The first kappa shape index (κ1) is 23.9. The van der Waals surface area contributed by atoms with E-state index in [4.69, 9.17) is 4.74 Å². The predicted molar refractivity (Wildman–Crippen MR) is 115 cm³/mol. The molecule has 1 saturated heterocycles. The van der Waals surface area contributed by atoms with Gasteiger partial charge in [0.15, 0.2) is 5.96 Å². The number of rotatable bonds is 10. The molecule has 0 aromatic carbocycles. The van der Waals surface area contributed by atoms with E-state index in [-0.39, 0.29) is 24.0 Å². The molecule has 6 heteroatoms. The van der Waals surface area contributed by atoms with Crippen molar-refractivity contribution >= 4 is 29.9 Å². The summed E-state index contributed by atoms with van der Waals surface area (Å²) in [5.74, 6) is 0.933. The van der Waals surface area contributed by atoms with Gasteiger partial charge in [-0.05, 0) is 53.0 Å². The van der Waals surface area contributed by atoms with Crippen LogP contribution < -0.4 is 10.6 Å². The largest absolute Gasteiger partial charge is 0.379 e. The molecule has 1 rings (SSSR count). The average Bonchev–Trinajstić information content (AvgIpc) is 2.54.